The normalized spacial score (nSPS) is 10.9. The van der Waals surface area contributed by atoms with Gasteiger partial charge < -0.3 is 14.6 Å². The molecule has 1 amide bonds. The molecule has 0 fully saturated rings. The smallest absolute Gasteiger partial charge is 0.259 e. The van der Waals surface area contributed by atoms with Crippen molar-refractivity contribution in [3.05, 3.63) is 59.8 Å². The van der Waals surface area contributed by atoms with Gasteiger partial charge >= 0.3 is 0 Å². The Hall–Kier alpha value is -3.75. The number of hydrogen-bond donors (Lipinski definition) is 1. The first-order valence-corrected chi connectivity index (χ1v) is 8.66. The molecule has 0 radical (unpaired) electrons. The Balaban J connectivity index is 1.46. The second-order valence-corrected chi connectivity index (χ2v) is 6.21. The molecule has 0 atom stereocenters. The molecular weight excluding hydrogens is 360 g/mol. The van der Waals surface area contributed by atoms with Gasteiger partial charge in [-0.2, -0.15) is 4.98 Å². The third-order valence-electron chi connectivity index (χ3n) is 4.21. The number of nitrogens with one attached hydrogen (secondary N) is 1. The van der Waals surface area contributed by atoms with Gasteiger partial charge in [0.2, 0.25) is 5.91 Å². The van der Waals surface area contributed by atoms with Gasteiger partial charge in [0, 0.05) is 12.7 Å². The lowest BCUT2D eigenvalue weighted by Crippen LogP contribution is -2.25. The van der Waals surface area contributed by atoms with E-state index in [9.17, 15) is 4.79 Å². The summed E-state index contributed by atoms with van der Waals surface area (Å²) in [4.78, 5) is 16.6. The molecule has 0 saturated heterocycles. The summed E-state index contributed by atoms with van der Waals surface area (Å²) in [5.41, 5.74) is 2.35. The van der Waals surface area contributed by atoms with Crippen molar-refractivity contribution in [1.82, 2.24) is 30.1 Å². The lowest BCUT2D eigenvalue weighted by Gasteiger charge is -2.06. The molecule has 142 valence electrons. The SMILES string of the molecule is COc1ccc(CNC(=O)Cc2nnc3ccc(-c4nc(C)no4)cn23)cc1. The first-order valence-electron chi connectivity index (χ1n) is 8.66. The maximum absolute atomic E-state index is 12.4. The summed E-state index contributed by atoms with van der Waals surface area (Å²) in [6.45, 7) is 2.18. The first kappa shape index (κ1) is 17.7. The zero-order chi connectivity index (χ0) is 19.5. The fraction of sp³-hybridized carbons (Fsp3) is 0.211. The van der Waals surface area contributed by atoms with Crippen molar-refractivity contribution in [2.75, 3.05) is 7.11 Å². The van der Waals surface area contributed by atoms with Crippen molar-refractivity contribution in [3.63, 3.8) is 0 Å². The lowest BCUT2D eigenvalue weighted by molar-refractivity contribution is -0.120. The molecule has 0 aliphatic carbocycles. The molecule has 9 nitrogen and oxygen atoms in total. The monoisotopic (exact) mass is 378 g/mol. The standard InChI is InChI=1S/C19H18N6O3/c1-12-21-19(28-24-12)14-5-8-16-22-23-17(25(16)11-14)9-18(26)20-10-13-3-6-15(27-2)7-4-13/h3-8,11H,9-10H2,1-2H3,(H,20,26). The number of rotatable bonds is 6. The third kappa shape index (κ3) is 3.68. The summed E-state index contributed by atoms with van der Waals surface area (Å²) in [6, 6.07) is 11.1. The molecule has 1 N–H and O–H groups in total. The van der Waals surface area contributed by atoms with E-state index in [1.54, 1.807) is 30.7 Å². The maximum atomic E-state index is 12.4. The van der Waals surface area contributed by atoms with Gasteiger partial charge in [0.15, 0.2) is 11.5 Å². The van der Waals surface area contributed by atoms with Crippen LogP contribution in [0, 0.1) is 6.92 Å². The maximum Gasteiger partial charge on any atom is 0.259 e. The van der Waals surface area contributed by atoms with Gasteiger partial charge in [-0.05, 0) is 36.8 Å². The summed E-state index contributed by atoms with van der Waals surface area (Å²) in [5, 5.41) is 14.9. The first-order chi connectivity index (χ1) is 13.6. The van der Waals surface area contributed by atoms with Gasteiger partial charge in [0.25, 0.3) is 5.89 Å². The van der Waals surface area contributed by atoms with Crippen LogP contribution < -0.4 is 10.1 Å². The number of nitrogens with zero attached hydrogens (tertiary/aromatic N) is 5. The number of amides is 1. The highest BCUT2D eigenvalue weighted by Crippen LogP contribution is 2.18. The summed E-state index contributed by atoms with van der Waals surface area (Å²) < 4.78 is 12.1. The number of ether oxygens (including phenoxy) is 1. The molecule has 3 heterocycles. The Bertz CT molecular complexity index is 1120. The number of aryl methyl sites for hydroxylation is 1. The van der Waals surface area contributed by atoms with Crippen molar-refractivity contribution in [3.8, 4) is 17.2 Å². The molecule has 0 bridgehead atoms. The van der Waals surface area contributed by atoms with Crippen LogP contribution in [0.15, 0.2) is 47.1 Å². The van der Waals surface area contributed by atoms with Crippen LogP contribution in [0.3, 0.4) is 0 Å². The van der Waals surface area contributed by atoms with E-state index in [1.165, 1.54) is 0 Å². The van der Waals surface area contributed by atoms with E-state index in [-0.39, 0.29) is 12.3 Å². The quantitative estimate of drug-likeness (QED) is 0.546. The minimum Gasteiger partial charge on any atom is -0.497 e. The molecule has 4 aromatic rings. The largest absolute Gasteiger partial charge is 0.497 e. The average Bonchev–Trinajstić information content (AvgIpc) is 3.33. The summed E-state index contributed by atoms with van der Waals surface area (Å²) in [7, 11) is 1.62. The fourth-order valence-corrected chi connectivity index (χ4v) is 2.75. The summed E-state index contributed by atoms with van der Waals surface area (Å²) in [5.74, 6) is 2.11. The topological polar surface area (TPSA) is 107 Å². The second kappa shape index (κ2) is 7.47. The molecule has 0 unspecified atom stereocenters. The van der Waals surface area contributed by atoms with Crippen LogP contribution in [0.25, 0.3) is 17.1 Å². The van der Waals surface area contributed by atoms with Crippen LogP contribution in [0.4, 0.5) is 0 Å². The van der Waals surface area contributed by atoms with Gasteiger partial charge in [-0.15, -0.1) is 10.2 Å². The van der Waals surface area contributed by atoms with Gasteiger partial charge in [-0.3, -0.25) is 9.20 Å². The Morgan fingerprint density at radius 1 is 1.18 bits per heavy atom. The molecule has 4 rings (SSSR count). The number of fused-ring (bicyclic) bond motifs is 1. The number of carbonyl (C=O) groups excluding carboxylic acids is 1. The molecule has 0 saturated carbocycles. The van der Waals surface area contributed by atoms with Crippen molar-refractivity contribution in [1.29, 1.82) is 0 Å². The minimum atomic E-state index is -0.149. The number of pyridine rings is 1. The number of benzene rings is 1. The number of methoxy groups -OCH3 is 1. The third-order valence-corrected chi connectivity index (χ3v) is 4.21. The van der Waals surface area contributed by atoms with Gasteiger partial charge in [-0.1, -0.05) is 17.3 Å². The van der Waals surface area contributed by atoms with E-state index in [1.807, 2.05) is 30.3 Å². The van der Waals surface area contributed by atoms with Crippen LogP contribution >= 0.6 is 0 Å². The number of aromatic nitrogens is 5. The fourth-order valence-electron chi connectivity index (χ4n) is 2.75. The van der Waals surface area contributed by atoms with E-state index in [2.05, 4.69) is 25.7 Å². The van der Waals surface area contributed by atoms with Crippen LogP contribution in [-0.2, 0) is 17.8 Å². The van der Waals surface area contributed by atoms with Crippen molar-refractivity contribution in [2.24, 2.45) is 0 Å². The predicted molar refractivity (Wildman–Crippen MR) is 99.6 cm³/mol. The predicted octanol–water partition coefficient (Wildman–Crippen LogP) is 1.96. The van der Waals surface area contributed by atoms with Crippen molar-refractivity contribution in [2.45, 2.75) is 19.9 Å². The van der Waals surface area contributed by atoms with Gasteiger partial charge in [0.05, 0.1) is 19.1 Å². The molecule has 0 spiro atoms. The van der Waals surface area contributed by atoms with Crippen LogP contribution in [0.1, 0.15) is 17.2 Å². The van der Waals surface area contributed by atoms with Crippen molar-refractivity contribution >= 4 is 11.6 Å². The highest BCUT2D eigenvalue weighted by Gasteiger charge is 2.13. The number of hydrogen-bond acceptors (Lipinski definition) is 7. The van der Waals surface area contributed by atoms with E-state index >= 15 is 0 Å². The highest BCUT2D eigenvalue weighted by molar-refractivity contribution is 5.78. The minimum absolute atomic E-state index is 0.101. The van der Waals surface area contributed by atoms with E-state index in [0.717, 1.165) is 16.9 Å². The summed E-state index contributed by atoms with van der Waals surface area (Å²) >= 11 is 0. The second-order valence-electron chi connectivity index (χ2n) is 6.21. The Morgan fingerprint density at radius 3 is 2.71 bits per heavy atom. The van der Waals surface area contributed by atoms with Crippen LogP contribution in [-0.4, -0.2) is 37.8 Å². The van der Waals surface area contributed by atoms with Crippen molar-refractivity contribution < 1.29 is 14.1 Å². The molecular formula is C19H18N6O3. The van der Waals surface area contributed by atoms with Crippen LogP contribution in [0.5, 0.6) is 5.75 Å². The molecule has 0 aliphatic rings. The Kier molecular flexibility index (Phi) is 4.71. The molecule has 9 heteroatoms. The zero-order valence-electron chi connectivity index (χ0n) is 15.4. The van der Waals surface area contributed by atoms with E-state index < -0.39 is 0 Å². The number of carbonyl (C=O) groups is 1. The van der Waals surface area contributed by atoms with E-state index in [4.69, 9.17) is 9.26 Å². The summed E-state index contributed by atoms with van der Waals surface area (Å²) in [6.07, 6.45) is 1.89. The molecule has 0 aliphatic heterocycles. The van der Waals surface area contributed by atoms with Crippen LogP contribution in [0.2, 0.25) is 0 Å². The molecule has 28 heavy (non-hydrogen) atoms. The zero-order valence-corrected chi connectivity index (χ0v) is 15.4. The molecule has 3 aromatic heterocycles. The average molecular weight is 378 g/mol. The van der Waals surface area contributed by atoms with Gasteiger partial charge in [0.1, 0.15) is 11.6 Å². The molecule has 1 aromatic carbocycles. The Labute approximate surface area is 160 Å². The lowest BCUT2D eigenvalue weighted by atomic mass is 10.2. The van der Waals surface area contributed by atoms with E-state index in [0.29, 0.717) is 29.7 Å². The Morgan fingerprint density at radius 2 is 2.00 bits per heavy atom. The van der Waals surface area contributed by atoms with Gasteiger partial charge in [-0.25, -0.2) is 0 Å². The highest BCUT2D eigenvalue weighted by atomic mass is 16.5.